The van der Waals surface area contributed by atoms with Gasteiger partial charge in [-0.1, -0.05) is 24.1 Å². The molecule has 0 fully saturated rings. The second kappa shape index (κ2) is 4.37. The van der Waals surface area contributed by atoms with E-state index in [1.54, 1.807) is 0 Å². The van der Waals surface area contributed by atoms with Gasteiger partial charge in [0, 0.05) is 0 Å². The largest absolute Gasteiger partial charge is 0.416 e. The molecule has 0 radical (unpaired) electrons. The molecule has 0 aliphatic carbocycles. The molecule has 0 spiro atoms. The molecular formula is C11H9F3O. The first-order valence-corrected chi connectivity index (χ1v) is 4.23. The van der Waals surface area contributed by atoms with Gasteiger partial charge in [-0.2, -0.15) is 13.2 Å². The van der Waals surface area contributed by atoms with Gasteiger partial charge in [-0.3, -0.25) is 0 Å². The van der Waals surface area contributed by atoms with Crippen molar-refractivity contribution in [1.29, 1.82) is 0 Å². The maximum Gasteiger partial charge on any atom is 0.416 e. The van der Waals surface area contributed by atoms with Crippen LogP contribution in [0.4, 0.5) is 13.2 Å². The van der Waals surface area contributed by atoms with E-state index in [0.29, 0.717) is 5.56 Å². The molecule has 1 aromatic rings. The zero-order valence-electron chi connectivity index (χ0n) is 7.75. The standard InChI is InChI=1S/C11H9F3O/c1-2-8(7-15)9-4-3-5-10(6-9)11(12,13)14/h1,3-6,8,15H,7H2. The first-order valence-electron chi connectivity index (χ1n) is 4.23. The van der Waals surface area contributed by atoms with Gasteiger partial charge in [0.2, 0.25) is 0 Å². The summed E-state index contributed by atoms with van der Waals surface area (Å²) >= 11 is 0. The number of hydrogen-bond acceptors (Lipinski definition) is 1. The maximum atomic E-state index is 12.3. The van der Waals surface area contributed by atoms with Crippen LogP contribution in [0.5, 0.6) is 0 Å². The van der Waals surface area contributed by atoms with Crippen molar-refractivity contribution >= 4 is 0 Å². The Hall–Kier alpha value is -1.47. The van der Waals surface area contributed by atoms with Crippen LogP contribution in [0.1, 0.15) is 17.0 Å². The monoisotopic (exact) mass is 214 g/mol. The van der Waals surface area contributed by atoms with Gasteiger partial charge in [-0.25, -0.2) is 0 Å². The Labute approximate surface area is 85.5 Å². The first-order chi connectivity index (χ1) is 6.99. The van der Waals surface area contributed by atoms with Crippen LogP contribution >= 0.6 is 0 Å². The lowest BCUT2D eigenvalue weighted by molar-refractivity contribution is -0.137. The Balaban J connectivity index is 3.09. The van der Waals surface area contributed by atoms with Gasteiger partial charge in [-0.15, -0.1) is 6.42 Å². The molecule has 0 saturated carbocycles. The van der Waals surface area contributed by atoms with Crippen molar-refractivity contribution in [3.05, 3.63) is 35.4 Å². The number of alkyl halides is 3. The van der Waals surface area contributed by atoms with Gasteiger partial charge < -0.3 is 5.11 Å². The Bertz CT molecular complexity index is 376. The van der Waals surface area contributed by atoms with Gasteiger partial charge in [0.05, 0.1) is 18.1 Å². The molecule has 1 rings (SSSR count). The lowest BCUT2D eigenvalue weighted by Gasteiger charge is -2.11. The van der Waals surface area contributed by atoms with Crippen molar-refractivity contribution in [2.45, 2.75) is 12.1 Å². The topological polar surface area (TPSA) is 20.2 Å². The van der Waals surface area contributed by atoms with Crippen LogP contribution in [-0.4, -0.2) is 11.7 Å². The van der Waals surface area contributed by atoms with Crippen molar-refractivity contribution < 1.29 is 18.3 Å². The van der Waals surface area contributed by atoms with E-state index in [4.69, 9.17) is 11.5 Å². The summed E-state index contributed by atoms with van der Waals surface area (Å²) in [5.74, 6) is 1.54. The summed E-state index contributed by atoms with van der Waals surface area (Å²) in [6.07, 6.45) is 0.699. The predicted molar refractivity (Wildman–Crippen MR) is 50.1 cm³/mol. The van der Waals surface area contributed by atoms with E-state index in [1.807, 2.05) is 0 Å². The van der Waals surface area contributed by atoms with Gasteiger partial charge >= 0.3 is 6.18 Å². The Morgan fingerprint density at radius 1 is 1.40 bits per heavy atom. The smallest absolute Gasteiger partial charge is 0.395 e. The SMILES string of the molecule is C#CC(CO)c1cccc(C(F)(F)F)c1. The summed E-state index contributed by atoms with van der Waals surface area (Å²) in [5, 5.41) is 8.85. The van der Waals surface area contributed by atoms with Crippen molar-refractivity contribution in [1.82, 2.24) is 0 Å². The summed E-state index contributed by atoms with van der Waals surface area (Å²) in [6.45, 7) is -0.363. The van der Waals surface area contributed by atoms with E-state index in [0.717, 1.165) is 12.1 Å². The summed E-state index contributed by atoms with van der Waals surface area (Å²) in [4.78, 5) is 0. The molecule has 0 heterocycles. The van der Waals surface area contributed by atoms with E-state index in [9.17, 15) is 13.2 Å². The van der Waals surface area contributed by atoms with Crippen LogP contribution in [-0.2, 0) is 6.18 Å². The molecular weight excluding hydrogens is 205 g/mol. The predicted octanol–water partition coefficient (Wildman–Crippen LogP) is 2.41. The number of hydrogen-bond donors (Lipinski definition) is 1. The van der Waals surface area contributed by atoms with Crippen molar-refractivity contribution in [3.8, 4) is 12.3 Å². The third kappa shape index (κ3) is 2.74. The summed E-state index contributed by atoms with van der Waals surface area (Å²) in [5.41, 5.74) is -0.455. The lowest BCUT2D eigenvalue weighted by atomic mass is 9.99. The molecule has 0 saturated heterocycles. The maximum absolute atomic E-state index is 12.3. The molecule has 80 valence electrons. The molecule has 0 aliphatic heterocycles. The van der Waals surface area contributed by atoms with E-state index >= 15 is 0 Å². The molecule has 1 unspecified atom stereocenters. The van der Waals surface area contributed by atoms with Crippen LogP contribution in [0, 0.1) is 12.3 Å². The minimum atomic E-state index is -4.38. The molecule has 4 heteroatoms. The zero-order valence-corrected chi connectivity index (χ0v) is 7.75. The van der Waals surface area contributed by atoms with Crippen LogP contribution in [0.3, 0.4) is 0 Å². The van der Waals surface area contributed by atoms with Crippen molar-refractivity contribution in [2.24, 2.45) is 0 Å². The van der Waals surface area contributed by atoms with Crippen LogP contribution in [0.2, 0.25) is 0 Å². The van der Waals surface area contributed by atoms with Crippen molar-refractivity contribution in [3.63, 3.8) is 0 Å². The normalized spacial score (nSPS) is 13.3. The van der Waals surface area contributed by atoms with E-state index in [2.05, 4.69) is 5.92 Å². The Morgan fingerprint density at radius 3 is 2.53 bits per heavy atom. The summed E-state index contributed by atoms with van der Waals surface area (Å²) in [7, 11) is 0. The average Bonchev–Trinajstić information content (AvgIpc) is 2.19. The number of aliphatic hydroxyl groups excluding tert-OH is 1. The second-order valence-corrected chi connectivity index (χ2v) is 3.03. The quantitative estimate of drug-likeness (QED) is 0.749. The van der Waals surface area contributed by atoms with Crippen LogP contribution in [0.15, 0.2) is 24.3 Å². The highest BCUT2D eigenvalue weighted by Gasteiger charge is 2.30. The van der Waals surface area contributed by atoms with Crippen LogP contribution < -0.4 is 0 Å². The number of benzene rings is 1. The molecule has 1 atom stereocenters. The molecule has 0 amide bonds. The lowest BCUT2D eigenvalue weighted by Crippen LogP contribution is -2.07. The van der Waals surface area contributed by atoms with Crippen molar-refractivity contribution in [2.75, 3.05) is 6.61 Å². The molecule has 1 nitrogen and oxygen atoms in total. The number of terminal acetylenes is 1. The summed E-state index contributed by atoms with van der Waals surface area (Å²) in [6, 6.07) is 4.67. The van der Waals surface area contributed by atoms with E-state index in [1.165, 1.54) is 12.1 Å². The molecule has 0 bridgehead atoms. The number of rotatable bonds is 2. The second-order valence-electron chi connectivity index (χ2n) is 3.03. The fourth-order valence-electron chi connectivity index (χ4n) is 1.19. The third-order valence-electron chi connectivity index (χ3n) is 2.00. The molecule has 1 N–H and O–H groups in total. The Morgan fingerprint density at radius 2 is 2.07 bits per heavy atom. The van der Waals surface area contributed by atoms with E-state index < -0.39 is 17.7 Å². The number of halogens is 3. The van der Waals surface area contributed by atoms with Gasteiger partial charge in [0.15, 0.2) is 0 Å². The minimum Gasteiger partial charge on any atom is -0.395 e. The highest BCUT2D eigenvalue weighted by molar-refractivity contribution is 5.32. The minimum absolute atomic E-state index is 0.301. The molecule has 0 aliphatic rings. The average molecular weight is 214 g/mol. The highest BCUT2D eigenvalue weighted by atomic mass is 19.4. The van der Waals surface area contributed by atoms with Gasteiger partial charge in [-0.05, 0) is 11.6 Å². The fraction of sp³-hybridized carbons (Fsp3) is 0.273. The molecule has 0 aromatic heterocycles. The first kappa shape index (κ1) is 11.6. The highest BCUT2D eigenvalue weighted by Crippen LogP contribution is 2.30. The Kier molecular flexibility index (Phi) is 3.38. The van der Waals surface area contributed by atoms with Gasteiger partial charge in [0.1, 0.15) is 0 Å². The van der Waals surface area contributed by atoms with Crippen LogP contribution in [0.25, 0.3) is 0 Å². The number of aliphatic hydroxyl groups is 1. The molecule has 1 aromatic carbocycles. The fourth-order valence-corrected chi connectivity index (χ4v) is 1.19. The van der Waals surface area contributed by atoms with E-state index in [-0.39, 0.29) is 6.61 Å². The zero-order chi connectivity index (χ0) is 11.5. The third-order valence-corrected chi connectivity index (χ3v) is 2.00. The summed E-state index contributed by atoms with van der Waals surface area (Å²) < 4.78 is 37.0. The molecule has 15 heavy (non-hydrogen) atoms. The van der Waals surface area contributed by atoms with Gasteiger partial charge in [0.25, 0.3) is 0 Å².